The van der Waals surface area contributed by atoms with E-state index < -0.39 is 11.2 Å². The third kappa shape index (κ3) is 5.35. The second kappa shape index (κ2) is 9.55. The molecular weight excluding hydrogens is 392 g/mol. The highest BCUT2D eigenvalue weighted by Gasteiger charge is 2.12. The fourth-order valence-corrected chi connectivity index (χ4v) is 3.80. The molecule has 0 aliphatic carbocycles. The summed E-state index contributed by atoms with van der Waals surface area (Å²) in [6.45, 7) is 2.18. The van der Waals surface area contributed by atoms with Crippen molar-refractivity contribution in [3.05, 3.63) is 50.7 Å². The largest absolute Gasteiger partial charge is 0.372 e. The van der Waals surface area contributed by atoms with Crippen molar-refractivity contribution in [3.8, 4) is 0 Å². The van der Waals surface area contributed by atoms with Gasteiger partial charge in [0.1, 0.15) is 0 Å². The second-order valence-electron chi connectivity index (χ2n) is 6.80. The van der Waals surface area contributed by atoms with Crippen molar-refractivity contribution in [2.75, 3.05) is 23.7 Å². The Bertz CT molecular complexity index is 1010. The first kappa shape index (κ1) is 20.8. The van der Waals surface area contributed by atoms with Crippen molar-refractivity contribution in [2.24, 2.45) is 19.2 Å². The Labute approximate surface area is 172 Å². The van der Waals surface area contributed by atoms with Crippen LogP contribution in [0.25, 0.3) is 0 Å². The van der Waals surface area contributed by atoms with E-state index in [0.29, 0.717) is 0 Å². The Kier molecular flexibility index (Phi) is 6.86. The number of aryl methyl sites for hydroxylation is 1. The van der Waals surface area contributed by atoms with E-state index in [1.807, 2.05) is 12.1 Å². The molecule has 0 spiro atoms. The average Bonchev–Trinajstić information content (AvgIpc) is 2.75. The Morgan fingerprint density at radius 2 is 1.86 bits per heavy atom. The number of benzene rings is 1. The van der Waals surface area contributed by atoms with Gasteiger partial charge in [-0.2, -0.15) is 10.2 Å². The monoisotopic (exact) mass is 416 g/mol. The second-order valence-corrected chi connectivity index (χ2v) is 7.76. The number of anilines is 1. The number of nitrogens with zero attached hydrogens (tertiary/aromatic N) is 5. The Morgan fingerprint density at radius 3 is 2.55 bits per heavy atom. The predicted molar refractivity (Wildman–Crippen MR) is 114 cm³/mol. The molecule has 1 fully saturated rings. The number of nitrogens with one attached hydrogen (secondary N) is 1. The number of hydrogen-bond donors (Lipinski definition) is 1. The number of amides is 1. The number of piperidine rings is 1. The van der Waals surface area contributed by atoms with Gasteiger partial charge in [0, 0.05) is 32.9 Å². The van der Waals surface area contributed by atoms with Gasteiger partial charge < -0.3 is 4.90 Å². The first-order chi connectivity index (χ1) is 14.0. The summed E-state index contributed by atoms with van der Waals surface area (Å²) >= 11 is 0.961. The molecule has 1 aromatic carbocycles. The molecular formula is C19H24N6O3S. The van der Waals surface area contributed by atoms with Gasteiger partial charge in [-0.15, -0.1) is 0 Å². The van der Waals surface area contributed by atoms with Crippen molar-refractivity contribution in [3.63, 3.8) is 0 Å². The molecule has 1 amide bonds. The van der Waals surface area contributed by atoms with Gasteiger partial charge >= 0.3 is 5.69 Å². The van der Waals surface area contributed by atoms with E-state index in [2.05, 4.69) is 32.7 Å². The maximum absolute atomic E-state index is 12.0. The first-order valence-electron chi connectivity index (χ1n) is 9.40. The van der Waals surface area contributed by atoms with Crippen LogP contribution in [-0.4, -0.2) is 45.3 Å². The highest BCUT2D eigenvalue weighted by molar-refractivity contribution is 7.99. The van der Waals surface area contributed by atoms with Gasteiger partial charge in [0.2, 0.25) is 5.91 Å². The molecule has 0 unspecified atom stereocenters. The Hall–Kier alpha value is -2.88. The van der Waals surface area contributed by atoms with Crippen molar-refractivity contribution in [1.82, 2.24) is 19.8 Å². The fraction of sp³-hybridized carbons (Fsp3) is 0.421. The van der Waals surface area contributed by atoms with Gasteiger partial charge in [0.25, 0.3) is 5.56 Å². The van der Waals surface area contributed by atoms with Gasteiger partial charge in [-0.1, -0.05) is 23.9 Å². The highest BCUT2D eigenvalue weighted by atomic mass is 32.2. The third-order valence-electron chi connectivity index (χ3n) is 4.65. The van der Waals surface area contributed by atoms with E-state index in [0.717, 1.165) is 39.7 Å². The van der Waals surface area contributed by atoms with Crippen molar-refractivity contribution in [2.45, 2.75) is 24.3 Å². The van der Waals surface area contributed by atoms with E-state index in [1.54, 1.807) is 6.21 Å². The molecule has 10 heteroatoms. The maximum atomic E-state index is 12.0. The smallest absolute Gasteiger partial charge is 0.346 e. The number of carbonyl (C=O) groups is 1. The van der Waals surface area contributed by atoms with Crippen LogP contribution in [0.5, 0.6) is 0 Å². The number of thioether (sulfide) groups is 1. The molecule has 1 N–H and O–H groups in total. The van der Waals surface area contributed by atoms with Gasteiger partial charge in [0.05, 0.1) is 12.0 Å². The van der Waals surface area contributed by atoms with E-state index >= 15 is 0 Å². The molecule has 1 saturated heterocycles. The minimum atomic E-state index is -0.525. The van der Waals surface area contributed by atoms with E-state index in [1.165, 1.54) is 39.0 Å². The fourth-order valence-electron chi connectivity index (χ4n) is 3.03. The molecule has 154 valence electrons. The molecule has 2 heterocycles. The predicted octanol–water partition coefficient (Wildman–Crippen LogP) is 0.712. The number of hydrogen-bond acceptors (Lipinski definition) is 7. The van der Waals surface area contributed by atoms with Gasteiger partial charge in [-0.05, 0) is 37.0 Å². The van der Waals surface area contributed by atoms with Crippen LogP contribution in [-0.2, 0) is 18.9 Å². The van der Waals surface area contributed by atoms with Crippen LogP contribution in [0.1, 0.15) is 24.8 Å². The lowest BCUT2D eigenvalue weighted by Crippen LogP contribution is -2.39. The summed E-state index contributed by atoms with van der Waals surface area (Å²) in [5.41, 5.74) is 3.48. The molecule has 9 nitrogen and oxygen atoms in total. The lowest BCUT2D eigenvalue weighted by atomic mass is 10.1. The normalized spacial score (nSPS) is 14.3. The zero-order valence-electron chi connectivity index (χ0n) is 16.5. The van der Waals surface area contributed by atoms with E-state index in [4.69, 9.17) is 0 Å². The number of carbonyl (C=O) groups excluding carboxylic acids is 1. The van der Waals surface area contributed by atoms with Crippen LogP contribution in [0.15, 0.2) is 44.0 Å². The van der Waals surface area contributed by atoms with Crippen molar-refractivity contribution >= 4 is 29.6 Å². The van der Waals surface area contributed by atoms with Crippen LogP contribution in [0, 0.1) is 0 Å². The van der Waals surface area contributed by atoms with Crippen LogP contribution in [0.3, 0.4) is 0 Å². The van der Waals surface area contributed by atoms with Crippen LogP contribution in [0.4, 0.5) is 5.69 Å². The molecule has 1 aliphatic rings. The molecule has 1 aliphatic heterocycles. The molecule has 29 heavy (non-hydrogen) atoms. The quantitative estimate of drug-likeness (QED) is 0.423. The minimum Gasteiger partial charge on any atom is -0.372 e. The van der Waals surface area contributed by atoms with E-state index in [-0.39, 0.29) is 16.7 Å². The molecule has 0 atom stereocenters. The van der Waals surface area contributed by atoms with Gasteiger partial charge in [-0.3, -0.25) is 14.2 Å². The average molecular weight is 417 g/mol. The molecule has 0 radical (unpaired) electrons. The summed E-state index contributed by atoms with van der Waals surface area (Å²) in [6.07, 6.45) is 5.33. The highest BCUT2D eigenvalue weighted by Crippen LogP contribution is 2.19. The number of aromatic nitrogens is 3. The van der Waals surface area contributed by atoms with Crippen LogP contribution < -0.4 is 21.6 Å². The lowest BCUT2D eigenvalue weighted by Gasteiger charge is -2.28. The minimum absolute atomic E-state index is 0.0360. The summed E-state index contributed by atoms with van der Waals surface area (Å²) in [5.74, 6) is -0.403. The molecule has 3 rings (SSSR count). The van der Waals surface area contributed by atoms with Crippen molar-refractivity contribution in [1.29, 1.82) is 0 Å². The summed E-state index contributed by atoms with van der Waals surface area (Å²) in [6, 6.07) is 8.05. The zero-order valence-corrected chi connectivity index (χ0v) is 17.3. The molecule has 0 bridgehead atoms. The Morgan fingerprint density at radius 1 is 1.17 bits per heavy atom. The topological polar surface area (TPSA) is 102 Å². The molecule has 2 aromatic rings. The van der Waals surface area contributed by atoms with Crippen LogP contribution in [0.2, 0.25) is 0 Å². The summed E-state index contributed by atoms with van der Waals surface area (Å²) in [7, 11) is 2.82. The number of hydrazone groups is 1. The lowest BCUT2D eigenvalue weighted by molar-refractivity contribution is -0.118. The SMILES string of the molecule is Cn1nc(SCC(=O)N/N=C\c2ccc(N3CCCCC3)cc2)c(=O)n(C)c1=O. The standard InChI is InChI=1S/C19H24N6O3S/c1-23-18(27)17(22-24(2)19(23)28)29-13-16(26)21-20-12-14-6-8-15(9-7-14)25-10-4-3-5-11-25/h6-9,12H,3-5,10-11,13H2,1-2H3,(H,21,26)/b20-12-. The Balaban J connectivity index is 1.51. The maximum Gasteiger partial charge on any atom is 0.346 e. The summed E-state index contributed by atoms with van der Waals surface area (Å²) < 4.78 is 2.02. The summed E-state index contributed by atoms with van der Waals surface area (Å²) in [4.78, 5) is 38.0. The van der Waals surface area contributed by atoms with Gasteiger partial charge in [0.15, 0.2) is 5.03 Å². The van der Waals surface area contributed by atoms with Crippen LogP contribution >= 0.6 is 11.8 Å². The zero-order chi connectivity index (χ0) is 20.8. The van der Waals surface area contributed by atoms with Crippen molar-refractivity contribution < 1.29 is 4.79 Å². The third-order valence-corrected chi connectivity index (χ3v) is 5.59. The van der Waals surface area contributed by atoms with E-state index in [9.17, 15) is 14.4 Å². The molecule has 1 aromatic heterocycles. The molecule has 0 saturated carbocycles. The first-order valence-corrected chi connectivity index (χ1v) is 10.4. The van der Waals surface area contributed by atoms with Gasteiger partial charge in [-0.25, -0.2) is 14.9 Å². The summed E-state index contributed by atoms with van der Waals surface area (Å²) in [5, 5.41) is 7.93. The number of rotatable bonds is 6.